The highest BCUT2D eigenvalue weighted by Crippen LogP contribution is 2.17. The van der Waals surface area contributed by atoms with E-state index in [4.69, 9.17) is 9.47 Å². The highest BCUT2D eigenvalue weighted by Gasteiger charge is 2.18. The molecule has 0 spiro atoms. The number of amides is 2. The second kappa shape index (κ2) is 11.8. The normalized spacial score (nSPS) is 10.5. The number of aromatic nitrogens is 1. The van der Waals surface area contributed by atoms with Crippen molar-refractivity contribution in [2.24, 2.45) is 0 Å². The van der Waals surface area contributed by atoms with Gasteiger partial charge in [0.15, 0.2) is 5.69 Å². The predicted octanol–water partition coefficient (Wildman–Crippen LogP) is 4.54. The standard InChI is InChI=1S/C19H24BrN3O4S/c1-3-26-11-5-10-23(19(25)21-15-8-6-14(20)7-9-15)12-17-22-16(13-28-17)18(24)27-4-2/h6-9,13H,3-5,10-12H2,1-2H3,(H,21,25). The maximum absolute atomic E-state index is 12.8. The van der Waals surface area contributed by atoms with E-state index < -0.39 is 5.97 Å². The molecule has 2 aromatic rings. The Bertz CT molecular complexity index is 767. The molecule has 0 radical (unpaired) electrons. The predicted molar refractivity (Wildman–Crippen MR) is 113 cm³/mol. The second-order valence-corrected chi connectivity index (χ2v) is 7.61. The van der Waals surface area contributed by atoms with Gasteiger partial charge in [0.2, 0.25) is 0 Å². The summed E-state index contributed by atoms with van der Waals surface area (Å²) in [6.45, 7) is 6.01. The Morgan fingerprint density at radius 3 is 2.64 bits per heavy atom. The van der Waals surface area contributed by atoms with Gasteiger partial charge in [-0.05, 0) is 44.5 Å². The number of halogens is 1. The highest BCUT2D eigenvalue weighted by atomic mass is 79.9. The SMILES string of the molecule is CCOCCCN(Cc1nc(C(=O)OCC)cs1)C(=O)Nc1ccc(Br)cc1. The molecule has 0 saturated heterocycles. The zero-order chi connectivity index (χ0) is 20.4. The Labute approximate surface area is 177 Å². The van der Waals surface area contributed by atoms with E-state index in [0.29, 0.717) is 50.0 Å². The van der Waals surface area contributed by atoms with Gasteiger partial charge in [0.25, 0.3) is 0 Å². The summed E-state index contributed by atoms with van der Waals surface area (Å²) in [6.07, 6.45) is 0.706. The van der Waals surface area contributed by atoms with Crippen LogP contribution in [0.25, 0.3) is 0 Å². The summed E-state index contributed by atoms with van der Waals surface area (Å²) in [6, 6.07) is 7.14. The van der Waals surface area contributed by atoms with Gasteiger partial charge in [-0.15, -0.1) is 11.3 Å². The fourth-order valence-corrected chi connectivity index (χ4v) is 3.38. The number of thiazole rings is 1. The van der Waals surface area contributed by atoms with E-state index >= 15 is 0 Å². The minimum absolute atomic E-state index is 0.230. The fraction of sp³-hybridized carbons (Fsp3) is 0.421. The van der Waals surface area contributed by atoms with Gasteiger partial charge < -0.3 is 19.7 Å². The molecular formula is C19H24BrN3O4S. The van der Waals surface area contributed by atoms with Gasteiger partial charge >= 0.3 is 12.0 Å². The second-order valence-electron chi connectivity index (χ2n) is 5.76. The lowest BCUT2D eigenvalue weighted by Crippen LogP contribution is -2.35. The molecule has 0 unspecified atom stereocenters. The topological polar surface area (TPSA) is 80.8 Å². The van der Waals surface area contributed by atoms with Crippen LogP contribution in [-0.4, -0.2) is 48.2 Å². The van der Waals surface area contributed by atoms with Crippen molar-refractivity contribution in [1.29, 1.82) is 0 Å². The molecule has 0 fully saturated rings. The lowest BCUT2D eigenvalue weighted by atomic mass is 10.3. The molecule has 0 aliphatic rings. The number of hydrogen-bond acceptors (Lipinski definition) is 6. The van der Waals surface area contributed by atoms with Crippen LogP contribution in [0, 0.1) is 0 Å². The van der Waals surface area contributed by atoms with E-state index in [2.05, 4.69) is 26.2 Å². The van der Waals surface area contributed by atoms with E-state index in [1.165, 1.54) is 11.3 Å². The molecule has 1 heterocycles. The van der Waals surface area contributed by atoms with Gasteiger partial charge in [-0.2, -0.15) is 0 Å². The summed E-state index contributed by atoms with van der Waals surface area (Å²) in [5, 5.41) is 5.21. The molecule has 1 aromatic heterocycles. The number of nitrogens with zero attached hydrogens (tertiary/aromatic N) is 2. The molecular weight excluding hydrogens is 446 g/mol. The molecule has 0 bridgehead atoms. The summed E-state index contributed by atoms with van der Waals surface area (Å²) in [4.78, 5) is 30.5. The molecule has 0 atom stereocenters. The first kappa shape index (κ1) is 22.3. The van der Waals surface area contributed by atoms with E-state index in [0.717, 1.165) is 4.47 Å². The number of benzene rings is 1. The van der Waals surface area contributed by atoms with Crippen molar-refractivity contribution in [3.63, 3.8) is 0 Å². The number of esters is 1. The van der Waals surface area contributed by atoms with Gasteiger partial charge in [-0.3, -0.25) is 0 Å². The van der Waals surface area contributed by atoms with E-state index in [9.17, 15) is 9.59 Å². The largest absolute Gasteiger partial charge is 0.461 e. The fourth-order valence-electron chi connectivity index (χ4n) is 2.34. The number of hydrogen-bond donors (Lipinski definition) is 1. The van der Waals surface area contributed by atoms with Crippen LogP contribution in [0.15, 0.2) is 34.1 Å². The number of anilines is 1. The summed E-state index contributed by atoms with van der Waals surface area (Å²) < 4.78 is 11.3. The van der Waals surface area contributed by atoms with Crippen LogP contribution in [-0.2, 0) is 16.0 Å². The lowest BCUT2D eigenvalue weighted by molar-refractivity contribution is 0.0520. The van der Waals surface area contributed by atoms with Crippen molar-refractivity contribution < 1.29 is 19.1 Å². The average molecular weight is 470 g/mol. The Morgan fingerprint density at radius 1 is 1.21 bits per heavy atom. The first-order valence-electron chi connectivity index (χ1n) is 9.04. The molecule has 2 rings (SSSR count). The summed E-state index contributed by atoms with van der Waals surface area (Å²) in [5.74, 6) is -0.452. The minimum atomic E-state index is -0.452. The molecule has 1 N–H and O–H groups in total. The molecule has 9 heteroatoms. The van der Waals surface area contributed by atoms with Crippen molar-refractivity contribution in [1.82, 2.24) is 9.88 Å². The van der Waals surface area contributed by atoms with Crippen LogP contribution in [0.3, 0.4) is 0 Å². The number of urea groups is 1. The Hall–Kier alpha value is -1.97. The number of ether oxygens (including phenoxy) is 2. The first-order chi connectivity index (χ1) is 13.5. The van der Waals surface area contributed by atoms with Crippen LogP contribution >= 0.6 is 27.3 Å². The van der Waals surface area contributed by atoms with Crippen LogP contribution in [0.1, 0.15) is 35.8 Å². The number of nitrogens with one attached hydrogen (secondary N) is 1. The zero-order valence-corrected chi connectivity index (χ0v) is 18.3. The lowest BCUT2D eigenvalue weighted by Gasteiger charge is -2.22. The maximum Gasteiger partial charge on any atom is 0.357 e. The molecule has 0 saturated carbocycles. The quantitative estimate of drug-likeness (QED) is 0.407. The van der Waals surface area contributed by atoms with E-state index in [1.807, 2.05) is 31.2 Å². The zero-order valence-electron chi connectivity index (χ0n) is 15.9. The third-order valence-corrected chi connectivity index (χ3v) is 5.03. The molecule has 7 nitrogen and oxygen atoms in total. The van der Waals surface area contributed by atoms with Gasteiger partial charge in [0.05, 0.1) is 13.2 Å². The number of carbonyl (C=O) groups is 2. The van der Waals surface area contributed by atoms with Crippen molar-refractivity contribution in [2.45, 2.75) is 26.8 Å². The summed E-state index contributed by atoms with van der Waals surface area (Å²) >= 11 is 4.71. The number of carbonyl (C=O) groups excluding carboxylic acids is 2. The summed E-state index contributed by atoms with van der Waals surface area (Å²) in [7, 11) is 0. The first-order valence-corrected chi connectivity index (χ1v) is 10.7. The van der Waals surface area contributed by atoms with Gasteiger partial charge in [0, 0.05) is 35.3 Å². The van der Waals surface area contributed by atoms with Crippen LogP contribution in [0.5, 0.6) is 0 Å². The summed E-state index contributed by atoms with van der Waals surface area (Å²) in [5.41, 5.74) is 0.971. The smallest absolute Gasteiger partial charge is 0.357 e. The molecule has 0 aliphatic carbocycles. The van der Waals surface area contributed by atoms with E-state index in [1.54, 1.807) is 17.2 Å². The third-order valence-electron chi connectivity index (χ3n) is 3.67. The van der Waals surface area contributed by atoms with Crippen molar-refractivity contribution >= 4 is 45.0 Å². The van der Waals surface area contributed by atoms with Crippen molar-refractivity contribution in [2.75, 3.05) is 31.7 Å². The number of rotatable bonds is 10. The van der Waals surface area contributed by atoms with Crippen LogP contribution in [0.2, 0.25) is 0 Å². The van der Waals surface area contributed by atoms with Crippen molar-refractivity contribution in [3.8, 4) is 0 Å². The maximum atomic E-state index is 12.8. The van der Waals surface area contributed by atoms with Crippen LogP contribution in [0.4, 0.5) is 10.5 Å². The molecule has 0 aliphatic heterocycles. The molecule has 1 aromatic carbocycles. The van der Waals surface area contributed by atoms with Gasteiger partial charge in [-0.1, -0.05) is 15.9 Å². The Kier molecular flexibility index (Phi) is 9.39. The van der Waals surface area contributed by atoms with Gasteiger partial charge in [-0.25, -0.2) is 14.6 Å². The van der Waals surface area contributed by atoms with Gasteiger partial charge in [0.1, 0.15) is 5.01 Å². The van der Waals surface area contributed by atoms with Crippen LogP contribution < -0.4 is 5.32 Å². The average Bonchev–Trinajstić information content (AvgIpc) is 3.15. The Morgan fingerprint density at radius 2 is 1.96 bits per heavy atom. The minimum Gasteiger partial charge on any atom is -0.461 e. The van der Waals surface area contributed by atoms with Crippen molar-refractivity contribution in [3.05, 3.63) is 44.8 Å². The molecule has 2 amide bonds. The monoisotopic (exact) mass is 469 g/mol. The molecule has 152 valence electrons. The Balaban J connectivity index is 2.04. The molecule has 28 heavy (non-hydrogen) atoms. The van der Waals surface area contributed by atoms with E-state index in [-0.39, 0.29) is 11.7 Å². The highest BCUT2D eigenvalue weighted by molar-refractivity contribution is 9.10. The third kappa shape index (κ3) is 7.21.